The van der Waals surface area contributed by atoms with Crippen molar-refractivity contribution in [2.24, 2.45) is 0 Å². The first-order valence-electron chi connectivity index (χ1n) is 6.81. The van der Waals surface area contributed by atoms with E-state index in [-0.39, 0.29) is 11.8 Å². The van der Waals surface area contributed by atoms with E-state index in [2.05, 4.69) is 10.2 Å². The number of carbonyl (C=O) groups is 1. The molecule has 0 amide bonds. The number of ether oxygens (including phenoxy) is 2. The summed E-state index contributed by atoms with van der Waals surface area (Å²) in [6.07, 6.45) is 3.54. The summed E-state index contributed by atoms with van der Waals surface area (Å²) in [4.78, 5) is 10.9. The molecule has 0 bridgehead atoms. The highest BCUT2D eigenvalue weighted by Gasteiger charge is 2.21. The van der Waals surface area contributed by atoms with E-state index in [1.54, 1.807) is 13.2 Å². The summed E-state index contributed by atoms with van der Waals surface area (Å²) in [6.45, 7) is 0. The van der Waals surface area contributed by atoms with E-state index in [4.69, 9.17) is 14.6 Å². The van der Waals surface area contributed by atoms with Crippen LogP contribution in [0.15, 0.2) is 24.3 Å². The summed E-state index contributed by atoms with van der Waals surface area (Å²) in [6, 6.07) is 6.96. The third-order valence-electron chi connectivity index (χ3n) is 3.61. The molecule has 0 spiro atoms. The first-order valence-corrected chi connectivity index (χ1v) is 6.81. The molecule has 6 nitrogen and oxygen atoms in total. The number of H-pyrrole nitrogens is 1. The average Bonchev–Trinajstić information content (AvgIpc) is 2.92. The number of nitrogens with zero attached hydrogens (tertiary/aromatic N) is 1. The largest absolute Gasteiger partial charge is 0.493 e. The molecule has 21 heavy (non-hydrogen) atoms. The van der Waals surface area contributed by atoms with Crippen LogP contribution in [-0.2, 0) is 0 Å². The summed E-state index contributed by atoms with van der Waals surface area (Å²) in [7, 11) is 1.60. The van der Waals surface area contributed by atoms with Gasteiger partial charge < -0.3 is 14.6 Å². The lowest BCUT2D eigenvalue weighted by Gasteiger charge is -2.27. The number of aromatic carboxylic acids is 1. The molecule has 1 aromatic heterocycles. The third-order valence-corrected chi connectivity index (χ3v) is 3.61. The van der Waals surface area contributed by atoms with Crippen molar-refractivity contribution in [1.82, 2.24) is 10.2 Å². The van der Waals surface area contributed by atoms with Crippen molar-refractivity contribution in [1.29, 1.82) is 0 Å². The van der Waals surface area contributed by atoms with Crippen LogP contribution in [0, 0.1) is 0 Å². The maximum atomic E-state index is 10.9. The Morgan fingerprint density at radius 2 is 2.14 bits per heavy atom. The highest BCUT2D eigenvalue weighted by Crippen LogP contribution is 2.35. The Kier molecular flexibility index (Phi) is 3.51. The van der Waals surface area contributed by atoms with Gasteiger partial charge in [-0.2, -0.15) is 5.10 Å². The van der Waals surface area contributed by atoms with Gasteiger partial charge in [-0.05, 0) is 43.5 Å². The SMILES string of the molecule is COc1ccc(-c2cc(C(=O)O)[nH]n2)cc1OC1CCC1. The Morgan fingerprint density at radius 1 is 1.33 bits per heavy atom. The van der Waals surface area contributed by atoms with Crippen molar-refractivity contribution in [2.45, 2.75) is 25.4 Å². The number of hydrogen-bond acceptors (Lipinski definition) is 4. The summed E-state index contributed by atoms with van der Waals surface area (Å²) >= 11 is 0. The van der Waals surface area contributed by atoms with Crippen LogP contribution in [0.1, 0.15) is 29.8 Å². The number of hydrogen-bond donors (Lipinski definition) is 2. The fourth-order valence-electron chi connectivity index (χ4n) is 2.18. The average molecular weight is 288 g/mol. The molecule has 6 heteroatoms. The number of carboxylic acids is 1. The van der Waals surface area contributed by atoms with E-state index in [1.165, 1.54) is 12.5 Å². The lowest BCUT2D eigenvalue weighted by atomic mass is 9.96. The Labute approximate surface area is 121 Å². The van der Waals surface area contributed by atoms with Crippen molar-refractivity contribution in [3.8, 4) is 22.8 Å². The topological polar surface area (TPSA) is 84.4 Å². The highest BCUT2D eigenvalue weighted by atomic mass is 16.5. The molecule has 2 N–H and O–H groups in total. The standard InChI is InChI=1S/C15H16N2O4/c1-20-13-6-5-9(7-14(13)21-10-3-2-4-10)11-8-12(15(18)19)17-16-11/h5-8,10H,2-4H2,1H3,(H,16,17)(H,18,19). The number of nitrogens with one attached hydrogen (secondary N) is 1. The van der Waals surface area contributed by atoms with Crippen molar-refractivity contribution in [3.05, 3.63) is 30.0 Å². The normalized spacial score (nSPS) is 14.5. The summed E-state index contributed by atoms with van der Waals surface area (Å²) < 4.78 is 11.2. The molecular weight excluding hydrogens is 272 g/mol. The molecule has 2 aromatic rings. The van der Waals surface area contributed by atoms with Gasteiger partial charge in [-0.1, -0.05) is 0 Å². The maximum Gasteiger partial charge on any atom is 0.353 e. The second-order valence-electron chi connectivity index (χ2n) is 5.01. The van der Waals surface area contributed by atoms with Gasteiger partial charge in [-0.3, -0.25) is 5.10 Å². The highest BCUT2D eigenvalue weighted by molar-refractivity contribution is 5.86. The Balaban J connectivity index is 1.90. The second-order valence-corrected chi connectivity index (χ2v) is 5.01. The molecule has 0 saturated heterocycles. The van der Waals surface area contributed by atoms with Crippen LogP contribution >= 0.6 is 0 Å². The maximum absolute atomic E-state index is 10.9. The zero-order valence-corrected chi connectivity index (χ0v) is 11.6. The van der Waals surface area contributed by atoms with Crippen LogP contribution in [0.4, 0.5) is 0 Å². The number of methoxy groups -OCH3 is 1. The number of rotatable bonds is 5. The Bertz CT molecular complexity index is 661. The minimum absolute atomic E-state index is 0.0577. The monoisotopic (exact) mass is 288 g/mol. The van der Waals surface area contributed by atoms with E-state index in [0.717, 1.165) is 18.4 Å². The van der Waals surface area contributed by atoms with Crippen molar-refractivity contribution >= 4 is 5.97 Å². The first-order chi connectivity index (χ1) is 10.2. The van der Waals surface area contributed by atoms with E-state index >= 15 is 0 Å². The van der Waals surface area contributed by atoms with Crippen molar-refractivity contribution in [3.63, 3.8) is 0 Å². The molecule has 1 aliphatic rings. The molecule has 1 saturated carbocycles. The molecule has 0 radical (unpaired) electrons. The molecule has 1 aliphatic carbocycles. The zero-order valence-electron chi connectivity index (χ0n) is 11.6. The fraction of sp³-hybridized carbons (Fsp3) is 0.333. The molecule has 1 fully saturated rings. The van der Waals surface area contributed by atoms with Gasteiger partial charge in [0.15, 0.2) is 11.5 Å². The minimum Gasteiger partial charge on any atom is -0.493 e. The van der Waals surface area contributed by atoms with E-state index in [1.807, 2.05) is 12.1 Å². The minimum atomic E-state index is -1.03. The number of aromatic nitrogens is 2. The fourth-order valence-corrected chi connectivity index (χ4v) is 2.18. The van der Waals surface area contributed by atoms with Crippen molar-refractivity contribution < 1.29 is 19.4 Å². The summed E-state index contributed by atoms with van der Waals surface area (Å²) in [5.74, 6) is 0.299. The molecule has 1 heterocycles. The van der Waals surface area contributed by atoms with Crippen LogP contribution in [0.5, 0.6) is 11.5 Å². The molecule has 1 aromatic carbocycles. The number of carboxylic acid groups (broad SMARTS) is 1. The van der Waals surface area contributed by atoms with Crippen LogP contribution < -0.4 is 9.47 Å². The second kappa shape index (κ2) is 5.47. The van der Waals surface area contributed by atoms with Crippen LogP contribution in [0.25, 0.3) is 11.3 Å². The molecule has 0 aliphatic heterocycles. The zero-order chi connectivity index (χ0) is 14.8. The van der Waals surface area contributed by atoms with Gasteiger partial charge in [-0.15, -0.1) is 0 Å². The first kappa shape index (κ1) is 13.5. The Morgan fingerprint density at radius 3 is 2.71 bits per heavy atom. The molecule has 0 atom stereocenters. The van der Waals surface area contributed by atoms with E-state index in [0.29, 0.717) is 17.2 Å². The number of benzene rings is 1. The molecule has 0 unspecified atom stereocenters. The number of aromatic amines is 1. The van der Waals surface area contributed by atoms with Gasteiger partial charge in [0.2, 0.25) is 0 Å². The molecular formula is C15H16N2O4. The van der Waals surface area contributed by atoms with Crippen molar-refractivity contribution in [2.75, 3.05) is 7.11 Å². The van der Waals surface area contributed by atoms with Crippen LogP contribution in [0.3, 0.4) is 0 Å². The Hall–Kier alpha value is -2.50. The van der Waals surface area contributed by atoms with Gasteiger partial charge in [0.1, 0.15) is 5.69 Å². The predicted octanol–water partition coefficient (Wildman–Crippen LogP) is 2.71. The van der Waals surface area contributed by atoms with Crippen LogP contribution in [0.2, 0.25) is 0 Å². The molecule has 110 valence electrons. The smallest absolute Gasteiger partial charge is 0.353 e. The lowest BCUT2D eigenvalue weighted by molar-refractivity contribution is 0.0690. The molecule has 3 rings (SSSR count). The predicted molar refractivity (Wildman–Crippen MR) is 75.8 cm³/mol. The van der Waals surface area contributed by atoms with Gasteiger partial charge >= 0.3 is 5.97 Å². The van der Waals surface area contributed by atoms with E-state index in [9.17, 15) is 4.79 Å². The quantitative estimate of drug-likeness (QED) is 0.883. The van der Waals surface area contributed by atoms with E-state index < -0.39 is 5.97 Å². The lowest BCUT2D eigenvalue weighted by Crippen LogP contribution is -2.24. The van der Waals surface area contributed by atoms with Gasteiger partial charge in [-0.25, -0.2) is 4.79 Å². The van der Waals surface area contributed by atoms with Gasteiger partial charge in [0.05, 0.1) is 18.9 Å². The van der Waals surface area contributed by atoms with Crippen LogP contribution in [-0.4, -0.2) is 34.5 Å². The van der Waals surface area contributed by atoms with Gasteiger partial charge in [0, 0.05) is 5.56 Å². The van der Waals surface area contributed by atoms with Gasteiger partial charge in [0.25, 0.3) is 0 Å². The summed E-state index contributed by atoms with van der Waals surface area (Å²) in [5, 5.41) is 15.4. The summed E-state index contributed by atoms with van der Waals surface area (Å²) in [5.41, 5.74) is 1.41. The third kappa shape index (κ3) is 2.69.